The standard InChI is InChI=1S/C65H117NO3/c1-3-5-7-9-11-13-15-17-19-21-23-25-26-27-28-29-30-31-32-33-34-35-36-37-38-39-40-41-43-45-47-49-51-53-55-57-59-61-65(69)66-63(62-67)64(68)60-58-56-54-52-50-48-46-44-42-24-22-20-18-16-14-12-10-8-6-4-2/h5,7,11,13,17,19,23,25,42,44,50,52,58,60,63-64,67-68H,3-4,6,8-10,12,14-16,18,20-22,24,26-41,43,45-49,51,53-57,59,61-62H2,1-2H3,(H,66,69)/b7-5-,13-11-,19-17-,25-23-,44-42+,52-50+,60-58+. The molecule has 2 unspecified atom stereocenters. The Morgan fingerprint density at radius 3 is 1.01 bits per heavy atom. The van der Waals surface area contributed by atoms with E-state index in [2.05, 4.69) is 92.1 Å². The molecule has 69 heavy (non-hydrogen) atoms. The van der Waals surface area contributed by atoms with Gasteiger partial charge in [-0.15, -0.1) is 0 Å². The van der Waals surface area contributed by atoms with Crippen molar-refractivity contribution in [1.82, 2.24) is 5.32 Å². The lowest BCUT2D eigenvalue weighted by molar-refractivity contribution is -0.123. The fourth-order valence-electron chi connectivity index (χ4n) is 9.03. The molecule has 0 spiro atoms. The Kier molecular flexibility index (Phi) is 57.8. The fourth-order valence-corrected chi connectivity index (χ4v) is 9.03. The number of rotatable bonds is 55. The van der Waals surface area contributed by atoms with Crippen LogP contribution in [-0.2, 0) is 4.79 Å². The zero-order valence-corrected chi connectivity index (χ0v) is 46.1. The normalized spacial score (nSPS) is 13.4. The van der Waals surface area contributed by atoms with Crippen molar-refractivity contribution in [2.75, 3.05) is 6.61 Å². The van der Waals surface area contributed by atoms with E-state index in [-0.39, 0.29) is 12.5 Å². The van der Waals surface area contributed by atoms with Crippen molar-refractivity contribution in [1.29, 1.82) is 0 Å². The second kappa shape index (κ2) is 59.9. The molecule has 0 rings (SSSR count). The smallest absolute Gasteiger partial charge is 0.220 e. The van der Waals surface area contributed by atoms with Crippen LogP contribution in [-0.4, -0.2) is 34.9 Å². The lowest BCUT2D eigenvalue weighted by Crippen LogP contribution is -2.45. The average Bonchev–Trinajstić information content (AvgIpc) is 3.35. The predicted molar refractivity (Wildman–Crippen MR) is 308 cm³/mol. The van der Waals surface area contributed by atoms with Gasteiger partial charge in [0.05, 0.1) is 18.8 Å². The van der Waals surface area contributed by atoms with Crippen molar-refractivity contribution in [3.63, 3.8) is 0 Å². The van der Waals surface area contributed by atoms with E-state index >= 15 is 0 Å². The van der Waals surface area contributed by atoms with Gasteiger partial charge in [0.2, 0.25) is 5.91 Å². The van der Waals surface area contributed by atoms with E-state index in [0.29, 0.717) is 6.42 Å². The first-order valence-corrected chi connectivity index (χ1v) is 30.3. The van der Waals surface area contributed by atoms with E-state index in [4.69, 9.17) is 0 Å². The molecule has 0 fully saturated rings. The number of carbonyl (C=O) groups excluding carboxylic acids is 1. The summed E-state index contributed by atoms with van der Waals surface area (Å²) in [6, 6.07) is -0.648. The molecule has 0 aromatic rings. The van der Waals surface area contributed by atoms with Crippen molar-refractivity contribution < 1.29 is 15.0 Å². The van der Waals surface area contributed by atoms with Crippen LogP contribution in [0.3, 0.4) is 0 Å². The van der Waals surface area contributed by atoms with Gasteiger partial charge in [0.25, 0.3) is 0 Å². The maximum atomic E-state index is 12.5. The molecule has 0 aliphatic carbocycles. The van der Waals surface area contributed by atoms with Gasteiger partial charge in [-0.1, -0.05) is 298 Å². The third kappa shape index (κ3) is 56.4. The lowest BCUT2D eigenvalue weighted by Gasteiger charge is -2.19. The lowest BCUT2D eigenvalue weighted by atomic mass is 10.0. The maximum Gasteiger partial charge on any atom is 0.220 e. The minimum Gasteiger partial charge on any atom is -0.394 e. The van der Waals surface area contributed by atoms with Gasteiger partial charge in [0.15, 0.2) is 0 Å². The van der Waals surface area contributed by atoms with Gasteiger partial charge in [-0.3, -0.25) is 4.79 Å². The first kappa shape index (κ1) is 66.6. The number of aliphatic hydroxyl groups excluding tert-OH is 2. The molecule has 0 aliphatic rings. The van der Waals surface area contributed by atoms with Crippen LogP contribution >= 0.6 is 0 Å². The molecule has 0 aliphatic heterocycles. The Morgan fingerprint density at radius 1 is 0.362 bits per heavy atom. The molecule has 0 aromatic carbocycles. The number of carbonyl (C=O) groups is 1. The topological polar surface area (TPSA) is 69.6 Å². The summed E-state index contributed by atoms with van der Waals surface area (Å²) < 4.78 is 0. The molecular weight excluding hydrogens is 843 g/mol. The molecule has 2 atom stereocenters. The summed E-state index contributed by atoms with van der Waals surface area (Å²) in [5.41, 5.74) is 0. The SMILES string of the molecule is CC/C=C\C/C=C\C/C=C\C/C=C\CCCCCCCCCCCCCCCCCCCCCCCCCCC(=O)NC(CO)C(O)/C=C/CC/C=C/CC/C=C/CCCCCCCCCCCC. The van der Waals surface area contributed by atoms with Crippen LogP contribution in [0.5, 0.6) is 0 Å². The van der Waals surface area contributed by atoms with Crippen molar-refractivity contribution in [2.45, 2.75) is 315 Å². The minimum absolute atomic E-state index is 0.0748. The molecule has 0 heterocycles. The summed E-state index contributed by atoms with van der Waals surface area (Å²) in [6.07, 6.45) is 87.7. The van der Waals surface area contributed by atoms with Crippen LogP contribution in [0.15, 0.2) is 85.1 Å². The molecular formula is C65H117NO3. The summed E-state index contributed by atoms with van der Waals surface area (Å²) in [5, 5.41) is 23.2. The quantitative estimate of drug-likeness (QED) is 0.0420. The van der Waals surface area contributed by atoms with Crippen LogP contribution < -0.4 is 5.32 Å². The Morgan fingerprint density at radius 2 is 0.652 bits per heavy atom. The second-order valence-corrected chi connectivity index (χ2v) is 20.4. The number of nitrogens with one attached hydrogen (secondary N) is 1. The van der Waals surface area contributed by atoms with Crippen molar-refractivity contribution in [3.8, 4) is 0 Å². The van der Waals surface area contributed by atoms with E-state index in [0.717, 1.165) is 64.2 Å². The summed E-state index contributed by atoms with van der Waals surface area (Å²) in [6.45, 7) is 4.20. The third-order valence-corrected chi connectivity index (χ3v) is 13.6. The van der Waals surface area contributed by atoms with Crippen molar-refractivity contribution in [2.24, 2.45) is 0 Å². The molecule has 4 nitrogen and oxygen atoms in total. The number of hydrogen-bond acceptors (Lipinski definition) is 3. The highest BCUT2D eigenvalue weighted by molar-refractivity contribution is 5.76. The second-order valence-electron chi connectivity index (χ2n) is 20.4. The van der Waals surface area contributed by atoms with Gasteiger partial charge < -0.3 is 15.5 Å². The molecule has 0 radical (unpaired) electrons. The summed E-state index contributed by atoms with van der Waals surface area (Å²) in [7, 11) is 0. The number of allylic oxidation sites excluding steroid dienone is 13. The van der Waals surface area contributed by atoms with Crippen LogP contribution in [0.4, 0.5) is 0 Å². The minimum atomic E-state index is -0.872. The van der Waals surface area contributed by atoms with Crippen LogP contribution in [0.1, 0.15) is 303 Å². The van der Waals surface area contributed by atoms with E-state index in [1.807, 2.05) is 6.08 Å². The summed E-state index contributed by atoms with van der Waals surface area (Å²) >= 11 is 0. The van der Waals surface area contributed by atoms with E-state index < -0.39 is 12.1 Å². The predicted octanol–water partition coefficient (Wildman–Crippen LogP) is 20.3. The third-order valence-electron chi connectivity index (χ3n) is 13.6. The summed E-state index contributed by atoms with van der Waals surface area (Å²) in [4.78, 5) is 12.5. The van der Waals surface area contributed by atoms with E-state index in [9.17, 15) is 15.0 Å². The summed E-state index contributed by atoms with van der Waals surface area (Å²) in [5.74, 6) is -0.0748. The first-order chi connectivity index (χ1) is 34.2. The van der Waals surface area contributed by atoms with E-state index in [1.54, 1.807) is 6.08 Å². The number of aliphatic hydroxyl groups is 2. The molecule has 0 saturated heterocycles. The van der Waals surface area contributed by atoms with Gasteiger partial charge >= 0.3 is 0 Å². The Balaban J connectivity index is 3.48. The maximum absolute atomic E-state index is 12.5. The average molecular weight is 961 g/mol. The zero-order chi connectivity index (χ0) is 49.9. The Bertz CT molecular complexity index is 1230. The van der Waals surface area contributed by atoms with Gasteiger partial charge in [-0.2, -0.15) is 0 Å². The Labute approximate surface area is 431 Å². The molecule has 0 bridgehead atoms. The highest BCUT2D eigenvalue weighted by atomic mass is 16.3. The van der Waals surface area contributed by atoms with Crippen molar-refractivity contribution in [3.05, 3.63) is 85.1 Å². The molecule has 400 valence electrons. The number of amides is 1. The molecule has 0 aromatic heterocycles. The van der Waals surface area contributed by atoms with Crippen molar-refractivity contribution >= 4 is 5.91 Å². The van der Waals surface area contributed by atoms with Gasteiger partial charge in [0.1, 0.15) is 0 Å². The molecule has 0 saturated carbocycles. The largest absolute Gasteiger partial charge is 0.394 e. The van der Waals surface area contributed by atoms with E-state index in [1.165, 1.54) is 218 Å². The van der Waals surface area contributed by atoms with Gasteiger partial charge in [-0.05, 0) is 83.5 Å². The fraction of sp³-hybridized carbons (Fsp3) is 0.769. The highest BCUT2D eigenvalue weighted by Gasteiger charge is 2.18. The zero-order valence-electron chi connectivity index (χ0n) is 46.1. The van der Waals surface area contributed by atoms with Gasteiger partial charge in [0, 0.05) is 6.42 Å². The molecule has 4 heteroatoms. The molecule has 1 amide bonds. The van der Waals surface area contributed by atoms with Gasteiger partial charge in [-0.25, -0.2) is 0 Å². The first-order valence-electron chi connectivity index (χ1n) is 30.3. The number of unbranched alkanes of at least 4 members (excludes halogenated alkanes) is 36. The van der Waals surface area contributed by atoms with Crippen LogP contribution in [0.25, 0.3) is 0 Å². The monoisotopic (exact) mass is 960 g/mol. The Hall–Kier alpha value is -2.43. The van der Waals surface area contributed by atoms with Crippen LogP contribution in [0.2, 0.25) is 0 Å². The molecule has 3 N–H and O–H groups in total. The van der Waals surface area contributed by atoms with Crippen LogP contribution in [0, 0.1) is 0 Å². The highest BCUT2D eigenvalue weighted by Crippen LogP contribution is 2.17. The number of hydrogen-bond donors (Lipinski definition) is 3.